The second-order valence-corrected chi connectivity index (χ2v) is 6.35. The minimum absolute atomic E-state index is 0.114. The fraction of sp³-hybridized carbons (Fsp3) is 0.500. The molecule has 1 aliphatic carbocycles. The second-order valence-electron chi connectivity index (χ2n) is 6.35. The number of fused-ring (bicyclic) bond motifs is 2. The molecule has 1 aliphatic heterocycles. The number of benzene rings is 1. The molecule has 1 atom stereocenters. The van der Waals surface area contributed by atoms with Gasteiger partial charge in [0.2, 0.25) is 12.5 Å². The Morgan fingerprint density at radius 3 is 3.16 bits per heavy atom. The molecule has 134 valence electrons. The summed E-state index contributed by atoms with van der Waals surface area (Å²) in [6.45, 7) is 1.62. The van der Waals surface area contributed by atoms with Crippen molar-refractivity contribution in [1.82, 2.24) is 15.1 Å². The summed E-state index contributed by atoms with van der Waals surface area (Å²) in [5, 5.41) is 17.2. The summed E-state index contributed by atoms with van der Waals surface area (Å²) < 4.78 is 18.3. The van der Waals surface area contributed by atoms with Crippen molar-refractivity contribution in [2.75, 3.05) is 20.5 Å². The van der Waals surface area contributed by atoms with Crippen LogP contribution in [0, 0.1) is 0 Å². The normalized spacial score (nSPS) is 18.2. The Balaban J connectivity index is 1.50. The molecule has 0 fully saturated rings. The van der Waals surface area contributed by atoms with Gasteiger partial charge in [-0.2, -0.15) is 5.10 Å². The third kappa shape index (κ3) is 3.05. The average molecular weight is 345 g/mol. The zero-order valence-electron chi connectivity index (χ0n) is 14.3. The lowest BCUT2D eigenvalue weighted by Crippen LogP contribution is -2.25. The lowest BCUT2D eigenvalue weighted by molar-refractivity contribution is 0.171. The molecule has 1 aromatic carbocycles. The predicted octanol–water partition coefficient (Wildman–Crippen LogP) is 1.78. The van der Waals surface area contributed by atoms with Crippen LogP contribution in [0.15, 0.2) is 18.3 Å². The molecule has 2 aliphatic rings. The van der Waals surface area contributed by atoms with E-state index in [1.807, 2.05) is 23.0 Å². The second kappa shape index (κ2) is 6.93. The Bertz CT molecular complexity index is 759. The first-order valence-corrected chi connectivity index (χ1v) is 8.65. The van der Waals surface area contributed by atoms with E-state index in [4.69, 9.17) is 14.2 Å². The summed E-state index contributed by atoms with van der Waals surface area (Å²) in [5.41, 5.74) is 3.57. The van der Waals surface area contributed by atoms with E-state index >= 15 is 0 Å². The molecule has 0 amide bonds. The first kappa shape index (κ1) is 16.2. The van der Waals surface area contributed by atoms with Gasteiger partial charge in [-0.1, -0.05) is 0 Å². The van der Waals surface area contributed by atoms with Crippen molar-refractivity contribution in [2.24, 2.45) is 0 Å². The van der Waals surface area contributed by atoms with Gasteiger partial charge in [0.05, 0.1) is 26.5 Å². The quantitative estimate of drug-likeness (QED) is 0.831. The number of aromatic nitrogens is 2. The number of methoxy groups -OCH3 is 1. The Morgan fingerprint density at radius 2 is 2.32 bits per heavy atom. The number of rotatable bonds is 6. The fourth-order valence-corrected chi connectivity index (χ4v) is 3.65. The highest BCUT2D eigenvalue weighted by Crippen LogP contribution is 2.42. The van der Waals surface area contributed by atoms with Crippen LogP contribution in [0.2, 0.25) is 0 Å². The molecular weight excluding hydrogens is 322 g/mol. The van der Waals surface area contributed by atoms with Crippen molar-refractivity contribution < 1.29 is 19.3 Å². The van der Waals surface area contributed by atoms with Gasteiger partial charge < -0.3 is 24.6 Å². The summed E-state index contributed by atoms with van der Waals surface area (Å²) in [5.74, 6) is 2.11. The molecule has 0 saturated carbocycles. The van der Waals surface area contributed by atoms with Crippen LogP contribution in [0.5, 0.6) is 17.2 Å². The molecule has 0 spiro atoms. The number of nitrogens with one attached hydrogen (secondary N) is 1. The molecule has 0 unspecified atom stereocenters. The lowest BCUT2D eigenvalue weighted by atomic mass is 9.92. The van der Waals surface area contributed by atoms with E-state index in [-0.39, 0.29) is 19.4 Å². The lowest BCUT2D eigenvalue weighted by Gasteiger charge is -2.24. The first-order chi connectivity index (χ1) is 12.3. The van der Waals surface area contributed by atoms with Crippen molar-refractivity contribution in [3.05, 3.63) is 35.2 Å². The monoisotopic (exact) mass is 345 g/mol. The Kier molecular flexibility index (Phi) is 4.50. The summed E-state index contributed by atoms with van der Waals surface area (Å²) in [7, 11) is 1.64. The van der Waals surface area contributed by atoms with Crippen LogP contribution in [-0.4, -0.2) is 35.4 Å². The van der Waals surface area contributed by atoms with Crippen molar-refractivity contribution >= 4 is 0 Å². The Morgan fingerprint density at radius 1 is 1.40 bits per heavy atom. The molecule has 2 aromatic rings. The molecule has 0 bridgehead atoms. The van der Waals surface area contributed by atoms with Gasteiger partial charge in [0.1, 0.15) is 0 Å². The van der Waals surface area contributed by atoms with E-state index in [1.54, 1.807) is 7.11 Å². The number of ether oxygens (including phenoxy) is 3. The Labute approximate surface area is 146 Å². The molecule has 2 heterocycles. The van der Waals surface area contributed by atoms with Crippen LogP contribution in [0.4, 0.5) is 0 Å². The summed E-state index contributed by atoms with van der Waals surface area (Å²) in [6, 6.07) is 4.25. The van der Waals surface area contributed by atoms with Crippen molar-refractivity contribution in [3.63, 3.8) is 0 Å². The van der Waals surface area contributed by atoms with Gasteiger partial charge in [-0.15, -0.1) is 0 Å². The number of nitrogens with zero attached hydrogens (tertiary/aromatic N) is 2. The molecule has 0 radical (unpaired) electrons. The zero-order chi connectivity index (χ0) is 17.2. The molecule has 2 N–H and O–H groups in total. The van der Waals surface area contributed by atoms with E-state index < -0.39 is 0 Å². The minimum Gasteiger partial charge on any atom is -0.493 e. The topological polar surface area (TPSA) is 77.8 Å². The highest BCUT2D eigenvalue weighted by atomic mass is 16.7. The minimum atomic E-state index is 0.114. The van der Waals surface area contributed by atoms with E-state index in [2.05, 4.69) is 10.4 Å². The smallest absolute Gasteiger partial charge is 0.231 e. The first-order valence-electron chi connectivity index (χ1n) is 8.65. The van der Waals surface area contributed by atoms with E-state index in [0.717, 1.165) is 30.6 Å². The van der Waals surface area contributed by atoms with Crippen LogP contribution in [-0.2, 0) is 19.5 Å². The summed E-state index contributed by atoms with van der Waals surface area (Å²) in [6.07, 6.45) is 5.15. The van der Waals surface area contributed by atoms with Crippen LogP contribution in [0.3, 0.4) is 0 Å². The molecule has 25 heavy (non-hydrogen) atoms. The average Bonchev–Trinajstić information content (AvgIpc) is 3.27. The van der Waals surface area contributed by atoms with Gasteiger partial charge in [0.25, 0.3) is 0 Å². The Hall–Kier alpha value is -2.25. The molecule has 7 nitrogen and oxygen atoms in total. The van der Waals surface area contributed by atoms with Gasteiger partial charge in [-0.3, -0.25) is 4.68 Å². The van der Waals surface area contributed by atoms with Crippen LogP contribution >= 0.6 is 0 Å². The number of hydrogen-bond acceptors (Lipinski definition) is 6. The summed E-state index contributed by atoms with van der Waals surface area (Å²) in [4.78, 5) is 0. The summed E-state index contributed by atoms with van der Waals surface area (Å²) >= 11 is 0. The van der Waals surface area contributed by atoms with E-state index in [0.29, 0.717) is 24.6 Å². The molecule has 1 aromatic heterocycles. The number of hydrogen-bond donors (Lipinski definition) is 2. The van der Waals surface area contributed by atoms with Crippen LogP contribution in [0.25, 0.3) is 0 Å². The van der Waals surface area contributed by atoms with Gasteiger partial charge in [0, 0.05) is 23.8 Å². The SMILES string of the molecule is COc1cc(CN[C@@H]2CCCc3c2cnn3CCO)cc2c1OCO2. The highest BCUT2D eigenvalue weighted by molar-refractivity contribution is 5.55. The van der Waals surface area contributed by atoms with Crippen molar-refractivity contribution in [3.8, 4) is 17.2 Å². The van der Waals surface area contributed by atoms with E-state index in [1.165, 1.54) is 11.3 Å². The molecular formula is C18H23N3O4. The number of aliphatic hydroxyl groups is 1. The fourth-order valence-electron chi connectivity index (χ4n) is 3.65. The molecule has 4 rings (SSSR count). The maximum atomic E-state index is 9.17. The molecule has 7 heteroatoms. The largest absolute Gasteiger partial charge is 0.493 e. The maximum absolute atomic E-state index is 9.17. The predicted molar refractivity (Wildman–Crippen MR) is 90.9 cm³/mol. The molecule has 0 saturated heterocycles. The van der Waals surface area contributed by atoms with Gasteiger partial charge in [-0.05, 0) is 37.0 Å². The van der Waals surface area contributed by atoms with Crippen LogP contribution in [0.1, 0.15) is 35.7 Å². The zero-order valence-corrected chi connectivity index (χ0v) is 14.3. The number of aliphatic hydroxyl groups excluding tert-OH is 1. The van der Waals surface area contributed by atoms with Crippen LogP contribution < -0.4 is 19.5 Å². The highest BCUT2D eigenvalue weighted by Gasteiger charge is 2.25. The van der Waals surface area contributed by atoms with Gasteiger partial charge >= 0.3 is 0 Å². The standard InChI is InChI=1S/C18H23N3O4/c1-23-16-7-12(8-17-18(16)25-11-24-17)9-19-14-3-2-4-15-13(14)10-20-21(15)5-6-22/h7-8,10,14,19,22H,2-6,9,11H2,1H3/t14-/m1/s1. The van der Waals surface area contributed by atoms with Crippen molar-refractivity contribution in [1.29, 1.82) is 0 Å². The third-order valence-corrected chi connectivity index (χ3v) is 4.85. The van der Waals surface area contributed by atoms with Crippen molar-refractivity contribution in [2.45, 2.75) is 38.4 Å². The maximum Gasteiger partial charge on any atom is 0.231 e. The van der Waals surface area contributed by atoms with Gasteiger partial charge in [-0.25, -0.2) is 0 Å². The van der Waals surface area contributed by atoms with E-state index in [9.17, 15) is 5.11 Å². The third-order valence-electron chi connectivity index (χ3n) is 4.85. The van der Waals surface area contributed by atoms with Gasteiger partial charge in [0.15, 0.2) is 11.5 Å².